The van der Waals surface area contributed by atoms with Gasteiger partial charge < -0.3 is 0 Å². The number of halogens is 2. The molecule has 0 amide bonds. The van der Waals surface area contributed by atoms with Gasteiger partial charge in [0.25, 0.3) is 0 Å². The van der Waals surface area contributed by atoms with Crippen LogP contribution >= 0.6 is 35.4 Å². The Morgan fingerprint density at radius 2 is 2.09 bits per heavy atom. The highest BCUT2D eigenvalue weighted by molar-refractivity contribution is 7.71. The fourth-order valence-corrected chi connectivity index (χ4v) is 2.37. The average molecular weight is 353 g/mol. The molecule has 112 valence electrons. The number of aromatic nitrogens is 5. The molecule has 0 saturated heterocycles. The standard InChI is InChI=1S/C13H10Cl2N6S/c1-7-5-10(18-17-7)12-19-20-13(22)21(12)16-6-8-3-2-4-9(14)11(8)15/h2-6H,1H3,(H,17,18)(H,20,22)/b16-6+. The van der Waals surface area contributed by atoms with Crippen LogP contribution in [0.4, 0.5) is 0 Å². The Kier molecular flexibility index (Phi) is 4.10. The highest BCUT2D eigenvalue weighted by Crippen LogP contribution is 2.24. The third kappa shape index (κ3) is 2.83. The Bertz CT molecular complexity index is 907. The summed E-state index contributed by atoms with van der Waals surface area (Å²) in [5, 5.41) is 19.1. The van der Waals surface area contributed by atoms with Crippen molar-refractivity contribution in [3.63, 3.8) is 0 Å². The van der Waals surface area contributed by atoms with Gasteiger partial charge in [0, 0.05) is 11.3 Å². The minimum absolute atomic E-state index is 0.352. The van der Waals surface area contributed by atoms with Gasteiger partial charge in [0.2, 0.25) is 10.6 Å². The van der Waals surface area contributed by atoms with Crippen molar-refractivity contribution in [3.8, 4) is 11.5 Å². The second-order valence-electron chi connectivity index (χ2n) is 4.49. The van der Waals surface area contributed by atoms with Gasteiger partial charge in [-0.25, -0.2) is 5.10 Å². The van der Waals surface area contributed by atoms with E-state index in [-0.39, 0.29) is 0 Å². The molecule has 0 bridgehead atoms. The maximum absolute atomic E-state index is 6.13. The van der Waals surface area contributed by atoms with Crippen molar-refractivity contribution < 1.29 is 0 Å². The number of aryl methyl sites for hydroxylation is 1. The molecule has 2 N–H and O–H groups in total. The third-order valence-corrected chi connectivity index (χ3v) is 3.98. The lowest BCUT2D eigenvalue weighted by molar-refractivity contribution is 0.865. The maximum atomic E-state index is 6.13. The van der Waals surface area contributed by atoms with E-state index in [2.05, 4.69) is 25.5 Å². The van der Waals surface area contributed by atoms with Crippen LogP contribution in [0.5, 0.6) is 0 Å². The van der Waals surface area contributed by atoms with Crippen LogP contribution in [-0.4, -0.2) is 31.3 Å². The minimum atomic E-state index is 0.352. The molecule has 6 nitrogen and oxygen atoms in total. The van der Waals surface area contributed by atoms with Crippen molar-refractivity contribution in [1.29, 1.82) is 0 Å². The molecule has 0 spiro atoms. The van der Waals surface area contributed by atoms with E-state index in [0.717, 1.165) is 5.69 Å². The normalized spacial score (nSPS) is 11.4. The molecule has 3 rings (SSSR count). The maximum Gasteiger partial charge on any atom is 0.216 e. The fourth-order valence-electron chi connectivity index (χ4n) is 1.84. The van der Waals surface area contributed by atoms with Crippen LogP contribution in [0.25, 0.3) is 11.5 Å². The zero-order valence-electron chi connectivity index (χ0n) is 11.3. The molecule has 9 heteroatoms. The molecular formula is C13H10Cl2N6S. The summed E-state index contributed by atoms with van der Waals surface area (Å²) in [7, 11) is 0. The van der Waals surface area contributed by atoms with Gasteiger partial charge in [-0.2, -0.15) is 20.0 Å². The Balaban J connectivity index is 2.03. The van der Waals surface area contributed by atoms with E-state index in [1.165, 1.54) is 4.68 Å². The van der Waals surface area contributed by atoms with Crippen LogP contribution in [0.3, 0.4) is 0 Å². The first kappa shape index (κ1) is 15.0. The Labute approximate surface area is 140 Å². The van der Waals surface area contributed by atoms with Gasteiger partial charge in [0.1, 0.15) is 5.69 Å². The summed E-state index contributed by atoms with van der Waals surface area (Å²) in [4.78, 5) is 0. The van der Waals surface area contributed by atoms with E-state index in [1.54, 1.807) is 24.4 Å². The molecule has 0 fully saturated rings. The molecule has 2 heterocycles. The van der Waals surface area contributed by atoms with E-state index < -0.39 is 0 Å². The molecule has 3 aromatic rings. The summed E-state index contributed by atoms with van der Waals surface area (Å²) in [6, 6.07) is 7.16. The van der Waals surface area contributed by atoms with Gasteiger partial charge in [-0.1, -0.05) is 35.3 Å². The fraction of sp³-hybridized carbons (Fsp3) is 0.0769. The predicted molar refractivity (Wildman–Crippen MR) is 89.2 cm³/mol. The highest BCUT2D eigenvalue weighted by Gasteiger charge is 2.11. The third-order valence-electron chi connectivity index (χ3n) is 2.88. The Morgan fingerprint density at radius 3 is 2.82 bits per heavy atom. The molecule has 0 aliphatic carbocycles. The SMILES string of the molecule is Cc1cc(-c2n[nH]c(=S)n2/N=C/c2cccc(Cl)c2Cl)n[nH]1. The lowest BCUT2D eigenvalue weighted by Gasteiger charge is -2.00. The summed E-state index contributed by atoms with van der Waals surface area (Å²) in [6.45, 7) is 1.90. The van der Waals surface area contributed by atoms with Crippen LogP contribution < -0.4 is 0 Å². The second-order valence-corrected chi connectivity index (χ2v) is 5.66. The Hall–Kier alpha value is -1.96. The van der Waals surface area contributed by atoms with Crippen molar-refractivity contribution in [1.82, 2.24) is 25.1 Å². The molecule has 1 aromatic carbocycles. The lowest BCUT2D eigenvalue weighted by atomic mass is 10.2. The van der Waals surface area contributed by atoms with Gasteiger partial charge in [0.15, 0.2) is 0 Å². The molecule has 0 unspecified atom stereocenters. The van der Waals surface area contributed by atoms with E-state index in [1.807, 2.05) is 13.0 Å². The van der Waals surface area contributed by atoms with Crippen molar-refractivity contribution >= 4 is 41.6 Å². The molecule has 22 heavy (non-hydrogen) atoms. The zero-order chi connectivity index (χ0) is 15.7. The number of hydrogen-bond donors (Lipinski definition) is 2. The summed E-state index contributed by atoms with van der Waals surface area (Å²) < 4.78 is 1.83. The molecule has 0 saturated carbocycles. The highest BCUT2D eigenvalue weighted by atomic mass is 35.5. The summed E-state index contributed by atoms with van der Waals surface area (Å²) in [6.07, 6.45) is 1.57. The molecule has 0 aliphatic rings. The first-order valence-corrected chi connectivity index (χ1v) is 7.41. The second kappa shape index (κ2) is 6.04. The number of aromatic amines is 2. The van der Waals surface area contributed by atoms with Crippen LogP contribution in [0.1, 0.15) is 11.3 Å². The number of nitrogens with one attached hydrogen (secondary N) is 2. The first-order valence-electron chi connectivity index (χ1n) is 6.24. The summed E-state index contributed by atoms with van der Waals surface area (Å²) in [5.41, 5.74) is 2.23. The van der Waals surface area contributed by atoms with E-state index >= 15 is 0 Å². The lowest BCUT2D eigenvalue weighted by Crippen LogP contribution is -1.95. The smallest absolute Gasteiger partial charge is 0.216 e. The number of H-pyrrole nitrogens is 2. The van der Waals surface area contributed by atoms with E-state index in [9.17, 15) is 0 Å². The quantitative estimate of drug-likeness (QED) is 0.555. The van der Waals surface area contributed by atoms with Crippen molar-refractivity contribution in [2.75, 3.05) is 0 Å². The summed E-state index contributed by atoms with van der Waals surface area (Å²) in [5.74, 6) is 0.503. The van der Waals surface area contributed by atoms with Gasteiger partial charge in [-0.15, -0.1) is 0 Å². The number of hydrogen-bond acceptors (Lipinski definition) is 4. The molecule has 0 radical (unpaired) electrons. The zero-order valence-corrected chi connectivity index (χ0v) is 13.7. The van der Waals surface area contributed by atoms with Crippen LogP contribution in [0.15, 0.2) is 29.4 Å². The average Bonchev–Trinajstić information content (AvgIpc) is 3.07. The van der Waals surface area contributed by atoms with Crippen LogP contribution in [-0.2, 0) is 0 Å². The first-order chi connectivity index (χ1) is 10.6. The van der Waals surface area contributed by atoms with Crippen molar-refractivity contribution in [2.45, 2.75) is 6.92 Å². The minimum Gasteiger partial charge on any atom is -0.282 e. The molecular weight excluding hydrogens is 343 g/mol. The van der Waals surface area contributed by atoms with Gasteiger partial charge in [0.05, 0.1) is 16.3 Å². The molecule has 0 atom stereocenters. The summed E-state index contributed by atoms with van der Waals surface area (Å²) >= 11 is 17.3. The van der Waals surface area contributed by atoms with E-state index in [4.69, 9.17) is 35.4 Å². The van der Waals surface area contributed by atoms with Gasteiger partial charge in [-0.3, -0.25) is 5.10 Å². The Morgan fingerprint density at radius 1 is 1.27 bits per heavy atom. The largest absolute Gasteiger partial charge is 0.282 e. The van der Waals surface area contributed by atoms with Crippen LogP contribution in [0, 0.1) is 11.7 Å². The van der Waals surface area contributed by atoms with Crippen molar-refractivity contribution in [3.05, 3.63) is 50.3 Å². The molecule has 2 aromatic heterocycles. The topological polar surface area (TPSA) is 74.7 Å². The monoisotopic (exact) mass is 352 g/mol. The number of rotatable bonds is 3. The molecule has 0 aliphatic heterocycles. The van der Waals surface area contributed by atoms with Gasteiger partial charge in [-0.05, 0) is 31.3 Å². The van der Waals surface area contributed by atoms with E-state index in [0.29, 0.717) is 31.9 Å². The van der Waals surface area contributed by atoms with Crippen LogP contribution in [0.2, 0.25) is 10.0 Å². The van der Waals surface area contributed by atoms with Gasteiger partial charge >= 0.3 is 0 Å². The predicted octanol–water partition coefficient (Wildman–Crippen LogP) is 3.83. The number of nitrogens with zero attached hydrogens (tertiary/aromatic N) is 4. The van der Waals surface area contributed by atoms with Crippen molar-refractivity contribution in [2.24, 2.45) is 5.10 Å². The number of benzene rings is 1.